The maximum atomic E-state index is 12.9. The molecule has 0 saturated heterocycles. The molecule has 4 rings (SSSR count). The quantitative estimate of drug-likeness (QED) is 0.664. The van der Waals surface area contributed by atoms with E-state index in [2.05, 4.69) is 0 Å². The van der Waals surface area contributed by atoms with Crippen LogP contribution in [-0.2, 0) is 11.3 Å². The zero-order chi connectivity index (χ0) is 19.0. The number of halogens is 1. The Morgan fingerprint density at radius 3 is 2.56 bits per heavy atom. The molecular weight excluding hydrogens is 370 g/mol. The molecule has 0 aliphatic carbocycles. The van der Waals surface area contributed by atoms with Gasteiger partial charge in [0.2, 0.25) is 5.78 Å². The topological polar surface area (TPSA) is 83.9 Å². The molecule has 0 unspecified atom stereocenters. The van der Waals surface area contributed by atoms with Gasteiger partial charge in [-0.3, -0.25) is 9.59 Å². The van der Waals surface area contributed by atoms with E-state index in [0.717, 1.165) is 0 Å². The first-order valence-electron chi connectivity index (χ1n) is 8.16. The number of amides is 1. The van der Waals surface area contributed by atoms with Gasteiger partial charge in [-0.2, -0.15) is 0 Å². The predicted molar refractivity (Wildman–Crippen MR) is 96.1 cm³/mol. The largest absolute Gasteiger partial charge is 0.503 e. The summed E-state index contributed by atoms with van der Waals surface area (Å²) in [7, 11) is 0. The second-order valence-electron chi connectivity index (χ2n) is 6.04. The first-order chi connectivity index (χ1) is 13.1. The Kier molecular flexibility index (Phi) is 4.33. The molecule has 1 atom stereocenters. The summed E-state index contributed by atoms with van der Waals surface area (Å²) in [6.07, 6.45) is 2.85. The molecule has 136 valence electrons. The zero-order valence-electron chi connectivity index (χ0n) is 14.0. The number of hydrogen-bond donors (Lipinski definition) is 1. The number of Topliss-reactive ketones (excluding diaryl/α,β-unsaturated/α-hetero) is 1. The van der Waals surface area contributed by atoms with Gasteiger partial charge in [-0.1, -0.05) is 23.7 Å². The average Bonchev–Trinajstić information content (AvgIpc) is 3.40. The summed E-state index contributed by atoms with van der Waals surface area (Å²) in [5, 5.41) is 10.9. The van der Waals surface area contributed by atoms with Gasteiger partial charge in [-0.25, -0.2) is 0 Å². The fourth-order valence-corrected chi connectivity index (χ4v) is 3.38. The van der Waals surface area contributed by atoms with Gasteiger partial charge in [0.25, 0.3) is 5.91 Å². The van der Waals surface area contributed by atoms with Crippen LogP contribution in [0.4, 0.5) is 0 Å². The maximum Gasteiger partial charge on any atom is 0.290 e. The SMILES string of the molecule is O=C(C1=C(O)C(=O)N(Cc2ccco2)[C@H]1c1cccc(Cl)c1)c1ccco1. The summed E-state index contributed by atoms with van der Waals surface area (Å²) in [6.45, 7) is 0.0853. The van der Waals surface area contributed by atoms with Gasteiger partial charge >= 0.3 is 0 Å². The number of aliphatic hydroxyl groups is 1. The van der Waals surface area contributed by atoms with Crippen LogP contribution < -0.4 is 0 Å². The third kappa shape index (κ3) is 3.04. The van der Waals surface area contributed by atoms with Crippen molar-refractivity contribution in [3.8, 4) is 0 Å². The van der Waals surface area contributed by atoms with E-state index in [1.165, 1.54) is 23.5 Å². The van der Waals surface area contributed by atoms with E-state index >= 15 is 0 Å². The zero-order valence-corrected chi connectivity index (χ0v) is 14.7. The molecule has 3 heterocycles. The lowest BCUT2D eigenvalue weighted by molar-refractivity contribution is -0.130. The summed E-state index contributed by atoms with van der Waals surface area (Å²) >= 11 is 6.11. The third-order valence-electron chi connectivity index (χ3n) is 4.36. The van der Waals surface area contributed by atoms with E-state index < -0.39 is 23.5 Å². The Bertz CT molecular complexity index is 1020. The van der Waals surface area contributed by atoms with E-state index in [-0.39, 0.29) is 17.9 Å². The number of nitrogens with zero attached hydrogens (tertiary/aromatic N) is 1. The number of furan rings is 2. The van der Waals surface area contributed by atoms with Crippen molar-refractivity contribution >= 4 is 23.3 Å². The molecule has 0 fully saturated rings. The van der Waals surface area contributed by atoms with Crippen molar-refractivity contribution in [1.82, 2.24) is 4.90 Å². The Morgan fingerprint density at radius 2 is 1.89 bits per heavy atom. The van der Waals surface area contributed by atoms with Crippen LogP contribution in [0.2, 0.25) is 5.02 Å². The number of aliphatic hydroxyl groups excluding tert-OH is 1. The van der Waals surface area contributed by atoms with Gasteiger partial charge in [0.15, 0.2) is 11.5 Å². The minimum absolute atomic E-state index is 0.0382. The molecule has 1 N–H and O–H groups in total. The van der Waals surface area contributed by atoms with Crippen LogP contribution in [0.3, 0.4) is 0 Å². The molecule has 27 heavy (non-hydrogen) atoms. The number of benzene rings is 1. The lowest BCUT2D eigenvalue weighted by Gasteiger charge is -2.26. The second-order valence-corrected chi connectivity index (χ2v) is 6.48. The maximum absolute atomic E-state index is 12.9. The minimum Gasteiger partial charge on any atom is -0.503 e. The predicted octanol–water partition coefficient (Wildman–Crippen LogP) is 4.30. The molecular formula is C20H14ClNO5. The number of ketones is 1. The monoisotopic (exact) mass is 383 g/mol. The fourth-order valence-electron chi connectivity index (χ4n) is 3.18. The van der Waals surface area contributed by atoms with Gasteiger partial charge in [0.1, 0.15) is 5.76 Å². The van der Waals surface area contributed by atoms with Crippen molar-refractivity contribution in [3.05, 3.63) is 94.5 Å². The van der Waals surface area contributed by atoms with Gasteiger partial charge in [0.05, 0.1) is 30.7 Å². The lowest BCUT2D eigenvalue weighted by Crippen LogP contribution is -2.30. The van der Waals surface area contributed by atoms with Crippen molar-refractivity contribution in [2.24, 2.45) is 0 Å². The summed E-state index contributed by atoms with van der Waals surface area (Å²) in [5.74, 6) is -1.26. The van der Waals surface area contributed by atoms with Crippen molar-refractivity contribution < 1.29 is 23.5 Å². The van der Waals surface area contributed by atoms with Gasteiger partial charge in [-0.05, 0) is 42.0 Å². The van der Waals surface area contributed by atoms with E-state index in [0.29, 0.717) is 16.3 Å². The molecule has 6 nitrogen and oxygen atoms in total. The highest BCUT2D eigenvalue weighted by atomic mass is 35.5. The van der Waals surface area contributed by atoms with Gasteiger partial charge in [-0.15, -0.1) is 0 Å². The summed E-state index contributed by atoms with van der Waals surface area (Å²) in [4.78, 5) is 27.1. The fraction of sp³-hybridized carbons (Fsp3) is 0.100. The Balaban J connectivity index is 1.81. The molecule has 0 bridgehead atoms. The first kappa shape index (κ1) is 17.2. The van der Waals surface area contributed by atoms with Gasteiger partial charge < -0.3 is 18.8 Å². The van der Waals surface area contributed by atoms with Crippen LogP contribution in [-0.4, -0.2) is 21.7 Å². The minimum atomic E-state index is -0.820. The molecule has 0 spiro atoms. The summed E-state index contributed by atoms with van der Waals surface area (Å²) < 4.78 is 10.5. The Morgan fingerprint density at radius 1 is 1.11 bits per heavy atom. The third-order valence-corrected chi connectivity index (χ3v) is 4.60. The van der Waals surface area contributed by atoms with Crippen molar-refractivity contribution in [3.63, 3.8) is 0 Å². The average molecular weight is 384 g/mol. The molecule has 7 heteroatoms. The van der Waals surface area contributed by atoms with Crippen molar-refractivity contribution in [2.45, 2.75) is 12.6 Å². The molecule has 1 aliphatic rings. The van der Waals surface area contributed by atoms with Crippen LogP contribution >= 0.6 is 11.6 Å². The highest BCUT2D eigenvalue weighted by molar-refractivity contribution is 6.30. The Labute approximate surface area is 159 Å². The van der Waals surface area contributed by atoms with Crippen molar-refractivity contribution in [1.29, 1.82) is 0 Å². The molecule has 1 aromatic carbocycles. The number of rotatable bonds is 5. The lowest BCUT2D eigenvalue weighted by atomic mass is 9.95. The second kappa shape index (κ2) is 6.81. The van der Waals surface area contributed by atoms with E-state index in [1.54, 1.807) is 42.5 Å². The van der Waals surface area contributed by atoms with E-state index in [4.69, 9.17) is 20.4 Å². The molecule has 1 amide bonds. The van der Waals surface area contributed by atoms with E-state index in [1.807, 2.05) is 0 Å². The van der Waals surface area contributed by atoms with Crippen LogP contribution in [0.25, 0.3) is 0 Å². The normalized spacial score (nSPS) is 17.0. The number of carbonyl (C=O) groups excluding carboxylic acids is 2. The smallest absolute Gasteiger partial charge is 0.290 e. The molecule has 1 aliphatic heterocycles. The van der Waals surface area contributed by atoms with Crippen LogP contribution in [0.5, 0.6) is 0 Å². The van der Waals surface area contributed by atoms with E-state index in [9.17, 15) is 14.7 Å². The highest BCUT2D eigenvalue weighted by Gasteiger charge is 2.44. The van der Waals surface area contributed by atoms with Crippen LogP contribution in [0.1, 0.15) is 27.9 Å². The molecule has 0 saturated carbocycles. The molecule has 3 aromatic rings. The standard InChI is InChI=1S/C20H14ClNO5/c21-13-5-1-4-12(10-13)17-16(18(23)15-7-3-9-27-15)19(24)20(25)22(17)11-14-6-2-8-26-14/h1-10,17,24H,11H2/t17-/m0/s1. The molecule has 2 aromatic heterocycles. The first-order valence-corrected chi connectivity index (χ1v) is 8.54. The van der Waals surface area contributed by atoms with Gasteiger partial charge in [0, 0.05) is 5.02 Å². The van der Waals surface area contributed by atoms with Crippen LogP contribution in [0, 0.1) is 0 Å². The Hall–Kier alpha value is -3.25. The number of carbonyl (C=O) groups is 2. The highest BCUT2D eigenvalue weighted by Crippen LogP contribution is 2.40. The molecule has 0 radical (unpaired) electrons. The van der Waals surface area contributed by atoms with Crippen molar-refractivity contribution in [2.75, 3.05) is 0 Å². The van der Waals surface area contributed by atoms with Crippen LogP contribution in [0.15, 0.2) is 81.2 Å². The summed E-state index contributed by atoms with van der Waals surface area (Å²) in [6, 6.07) is 12.5. The number of hydrogen-bond acceptors (Lipinski definition) is 5. The summed E-state index contributed by atoms with van der Waals surface area (Å²) in [5.41, 5.74) is 0.546.